The molecular formula is C82H66N4O13. The summed E-state index contributed by atoms with van der Waals surface area (Å²) >= 11 is 0. The number of carbonyl (C=O) groups is 2. The van der Waals surface area contributed by atoms with Crippen molar-refractivity contribution in [1.29, 1.82) is 0 Å². The van der Waals surface area contributed by atoms with Gasteiger partial charge in [0.25, 0.3) is 0 Å². The normalized spacial score (nSPS) is 10.5. The molecule has 0 aliphatic carbocycles. The van der Waals surface area contributed by atoms with Crippen molar-refractivity contribution in [2.75, 3.05) is 19.6 Å². The van der Waals surface area contributed by atoms with E-state index in [0.717, 1.165) is 74.9 Å². The number of allylic oxidation sites excluding steroid dienone is 1. The maximum absolute atomic E-state index is 12.3. The van der Waals surface area contributed by atoms with Crippen LogP contribution in [0.4, 0.5) is 68.2 Å². The van der Waals surface area contributed by atoms with Crippen LogP contribution in [-0.2, 0) is 0 Å². The number of aldehydes is 1. The number of benzene rings is 13. The Bertz CT molecular complexity index is 4470. The summed E-state index contributed by atoms with van der Waals surface area (Å²) in [6.07, 6.45) is 3.95. The Kier molecular flexibility index (Phi) is 22.0. The second kappa shape index (κ2) is 32.2. The van der Waals surface area contributed by atoms with Gasteiger partial charge in [0, 0.05) is 117 Å². The summed E-state index contributed by atoms with van der Waals surface area (Å²) in [5, 5.41) is 107. The van der Waals surface area contributed by atoms with Crippen LogP contribution in [0.5, 0.6) is 63.2 Å². The first-order chi connectivity index (χ1) is 47.9. The van der Waals surface area contributed by atoms with Crippen LogP contribution >= 0.6 is 0 Å². The summed E-state index contributed by atoms with van der Waals surface area (Å²) in [4.78, 5) is 30.8. The van der Waals surface area contributed by atoms with E-state index in [1.807, 2.05) is 137 Å². The Balaban J connectivity index is 0.000000144. The monoisotopic (exact) mass is 1310 g/mol. The molecule has 0 fully saturated rings. The van der Waals surface area contributed by atoms with Crippen molar-refractivity contribution >= 4 is 86.4 Å². The number of para-hydroxylation sites is 4. The number of phenols is 11. The lowest BCUT2D eigenvalue weighted by atomic mass is 10.1. The van der Waals surface area contributed by atoms with Crippen molar-refractivity contribution < 1.29 is 65.8 Å². The van der Waals surface area contributed by atoms with Gasteiger partial charge in [-0.25, -0.2) is 0 Å². The van der Waals surface area contributed by atoms with Gasteiger partial charge < -0.3 is 75.8 Å². The van der Waals surface area contributed by atoms with Crippen molar-refractivity contribution in [1.82, 2.24) is 0 Å². The molecule has 99 heavy (non-hydrogen) atoms. The molecule has 11 N–H and O–H groups in total. The van der Waals surface area contributed by atoms with Gasteiger partial charge in [-0.2, -0.15) is 0 Å². The third-order valence-corrected chi connectivity index (χ3v) is 14.9. The first kappa shape index (κ1) is 67.8. The Labute approximate surface area is 570 Å². The predicted molar refractivity (Wildman–Crippen MR) is 388 cm³/mol. The standard InChI is InChI=1S/C27H21NO2.C19H15NO2.C18H15NO6.C18H15NO3/c29-26-13-7-8-22(20-26)27(30)19-16-21-14-17-25(18-15-21)28(23-9-3-1-4-10-23)24-11-5-2-6-12-24;21-14-15-11-12-18(13-19(15)22)20(16-7-3-1-4-8-16)17-9-5-2-6-10-17;20-13-1-10(2-14(21)7-13)19(11-3-15(22)8-16(23)4-11)12-5-17(24)9-18(25)6-12;20-16-7-1-13(2-8-16)19(14-3-9-17(21)10-4-14)15-5-11-18(22)12-6-15/h1-20,29H;1-14,22H;1-9,20-25H;1-12,20-22H/b19-16+;;;. The van der Waals surface area contributed by atoms with Gasteiger partial charge in [-0.15, -0.1) is 0 Å². The van der Waals surface area contributed by atoms with Crippen LogP contribution in [0.2, 0.25) is 0 Å². The third-order valence-electron chi connectivity index (χ3n) is 14.9. The highest BCUT2D eigenvalue weighted by atomic mass is 16.3. The fourth-order valence-corrected chi connectivity index (χ4v) is 10.5. The Morgan fingerprint density at radius 1 is 0.242 bits per heavy atom. The number of aromatic hydroxyl groups is 11. The molecule has 492 valence electrons. The highest BCUT2D eigenvalue weighted by Gasteiger charge is 2.20. The summed E-state index contributed by atoms with van der Waals surface area (Å²) < 4.78 is 0. The van der Waals surface area contributed by atoms with E-state index in [4.69, 9.17) is 0 Å². The number of hydrogen-bond acceptors (Lipinski definition) is 17. The van der Waals surface area contributed by atoms with Crippen molar-refractivity contribution in [3.05, 3.63) is 338 Å². The zero-order valence-electron chi connectivity index (χ0n) is 52.8. The minimum absolute atomic E-state index is 0.0237. The number of ketones is 1. The molecule has 17 heteroatoms. The molecule has 0 saturated carbocycles. The summed E-state index contributed by atoms with van der Waals surface area (Å²) in [6.45, 7) is 0. The molecule has 13 aromatic rings. The van der Waals surface area contributed by atoms with Crippen molar-refractivity contribution in [3.63, 3.8) is 0 Å². The second-order valence-electron chi connectivity index (χ2n) is 22.1. The summed E-state index contributed by atoms with van der Waals surface area (Å²) in [7, 11) is 0. The molecule has 0 aromatic heterocycles. The zero-order chi connectivity index (χ0) is 69.8. The van der Waals surface area contributed by atoms with Crippen LogP contribution in [0.25, 0.3) is 6.08 Å². The molecule has 13 aromatic carbocycles. The van der Waals surface area contributed by atoms with Gasteiger partial charge in [-0.3, -0.25) is 9.59 Å². The fraction of sp³-hybridized carbons (Fsp3) is 0. The summed E-state index contributed by atoms with van der Waals surface area (Å²) in [5.74, 6) is -0.789. The Morgan fingerprint density at radius 2 is 0.535 bits per heavy atom. The molecule has 0 unspecified atom stereocenters. The molecular weight excluding hydrogens is 1250 g/mol. The quantitative estimate of drug-likeness (QED) is 0.0244. The first-order valence-corrected chi connectivity index (χ1v) is 30.7. The lowest BCUT2D eigenvalue weighted by molar-refractivity contribution is 0.104. The van der Waals surface area contributed by atoms with Crippen molar-refractivity contribution in [3.8, 4) is 63.2 Å². The molecule has 0 saturated heterocycles. The topological polar surface area (TPSA) is 270 Å². The van der Waals surface area contributed by atoms with Gasteiger partial charge in [-0.05, 0) is 169 Å². The molecule has 17 nitrogen and oxygen atoms in total. The second-order valence-corrected chi connectivity index (χ2v) is 22.1. The van der Waals surface area contributed by atoms with E-state index in [2.05, 4.69) is 29.2 Å². The molecule has 0 atom stereocenters. The zero-order valence-corrected chi connectivity index (χ0v) is 52.8. The lowest BCUT2D eigenvalue weighted by Crippen LogP contribution is -2.09. The van der Waals surface area contributed by atoms with Gasteiger partial charge >= 0.3 is 0 Å². The molecule has 0 amide bonds. The van der Waals surface area contributed by atoms with Crippen LogP contribution in [0, 0.1) is 0 Å². The average Bonchev–Trinajstić information content (AvgIpc) is 0.809. The molecule has 0 aliphatic rings. The van der Waals surface area contributed by atoms with E-state index in [1.165, 1.54) is 53.4 Å². The van der Waals surface area contributed by atoms with Gasteiger partial charge in [-0.1, -0.05) is 103 Å². The number of rotatable bonds is 16. The average molecular weight is 1320 g/mol. The number of anilines is 12. The third kappa shape index (κ3) is 18.2. The molecule has 0 aliphatic heterocycles. The van der Waals surface area contributed by atoms with Crippen LogP contribution < -0.4 is 19.6 Å². The van der Waals surface area contributed by atoms with Crippen LogP contribution in [0.15, 0.2) is 322 Å². The van der Waals surface area contributed by atoms with E-state index in [9.17, 15) is 65.8 Å². The fourth-order valence-electron chi connectivity index (χ4n) is 10.5. The van der Waals surface area contributed by atoms with E-state index in [0.29, 0.717) is 11.8 Å². The van der Waals surface area contributed by atoms with E-state index in [1.54, 1.807) is 109 Å². The van der Waals surface area contributed by atoms with Crippen LogP contribution in [0.1, 0.15) is 26.3 Å². The van der Waals surface area contributed by atoms with Crippen LogP contribution in [-0.4, -0.2) is 68.2 Å². The van der Waals surface area contributed by atoms with Gasteiger partial charge in [0.1, 0.15) is 63.2 Å². The lowest BCUT2D eigenvalue weighted by Gasteiger charge is -2.26. The predicted octanol–water partition coefficient (Wildman–Crippen LogP) is 19.1. The largest absolute Gasteiger partial charge is 0.508 e. The maximum Gasteiger partial charge on any atom is 0.185 e. The van der Waals surface area contributed by atoms with E-state index >= 15 is 0 Å². The van der Waals surface area contributed by atoms with Gasteiger partial charge in [0.15, 0.2) is 12.1 Å². The number of phenolic OH excluding ortho intramolecular Hbond substituents is 11. The first-order valence-electron chi connectivity index (χ1n) is 30.7. The van der Waals surface area contributed by atoms with Gasteiger partial charge in [0.2, 0.25) is 0 Å². The summed E-state index contributed by atoms with van der Waals surface area (Å²) in [5.41, 5.74) is 11.0. The Morgan fingerprint density at radius 3 is 0.848 bits per heavy atom. The van der Waals surface area contributed by atoms with E-state index in [-0.39, 0.29) is 91.7 Å². The van der Waals surface area contributed by atoms with Crippen LogP contribution in [0.3, 0.4) is 0 Å². The number of nitrogens with zero attached hydrogens (tertiary/aromatic N) is 4. The highest BCUT2D eigenvalue weighted by Crippen LogP contribution is 2.44. The van der Waals surface area contributed by atoms with E-state index < -0.39 is 0 Å². The van der Waals surface area contributed by atoms with Crippen molar-refractivity contribution in [2.24, 2.45) is 0 Å². The van der Waals surface area contributed by atoms with Crippen molar-refractivity contribution in [2.45, 2.75) is 0 Å². The number of carbonyl (C=O) groups excluding carboxylic acids is 2. The highest BCUT2D eigenvalue weighted by molar-refractivity contribution is 6.07. The minimum Gasteiger partial charge on any atom is -0.508 e. The smallest absolute Gasteiger partial charge is 0.185 e. The minimum atomic E-state index is -0.214. The van der Waals surface area contributed by atoms with Gasteiger partial charge in [0.05, 0.1) is 22.6 Å². The summed E-state index contributed by atoms with van der Waals surface area (Å²) in [6, 6.07) is 91.6. The Hall–Kier alpha value is -14.1. The number of hydrogen-bond donors (Lipinski definition) is 11. The molecule has 0 heterocycles. The molecule has 0 bridgehead atoms. The molecule has 0 radical (unpaired) electrons. The SMILES string of the molecule is O=C(/C=C/c1ccc(N(c2ccccc2)c2ccccc2)cc1)c1cccc(O)c1.O=Cc1ccc(N(c2ccccc2)c2ccccc2)cc1O.Oc1cc(O)cc(N(c2cc(O)cc(O)c2)c2cc(O)cc(O)c2)c1.Oc1ccc(N(c2ccc(O)cc2)c2ccc(O)cc2)cc1. The molecule has 13 rings (SSSR count). The maximum atomic E-state index is 12.3. The molecule has 0 spiro atoms.